The molecule has 0 atom stereocenters. The van der Waals surface area contributed by atoms with E-state index in [1.54, 1.807) is 16.8 Å². The van der Waals surface area contributed by atoms with Crippen LogP contribution in [0.25, 0.3) is 11.3 Å². The molecule has 2 heterocycles. The molecule has 1 aromatic heterocycles. The first-order chi connectivity index (χ1) is 12.1. The van der Waals surface area contributed by atoms with Crippen molar-refractivity contribution in [1.29, 1.82) is 0 Å². The van der Waals surface area contributed by atoms with E-state index in [-0.39, 0.29) is 11.7 Å². The number of hydrogen-bond donors (Lipinski definition) is 1. The zero-order chi connectivity index (χ0) is 17.4. The Labute approximate surface area is 146 Å². The smallest absolute Gasteiger partial charge is 0.226 e. The molecule has 4 rings (SSSR count). The van der Waals surface area contributed by atoms with Gasteiger partial charge in [-0.2, -0.15) is 5.10 Å². The molecule has 1 aliphatic heterocycles. The van der Waals surface area contributed by atoms with Gasteiger partial charge in [-0.1, -0.05) is 6.42 Å². The maximum absolute atomic E-state index is 13.3. The maximum Gasteiger partial charge on any atom is 0.226 e. The van der Waals surface area contributed by atoms with E-state index in [2.05, 4.69) is 10.4 Å². The lowest BCUT2D eigenvalue weighted by Gasteiger charge is -2.27. The van der Waals surface area contributed by atoms with Crippen molar-refractivity contribution in [2.24, 2.45) is 13.0 Å². The second kappa shape index (κ2) is 6.59. The van der Waals surface area contributed by atoms with Gasteiger partial charge < -0.3 is 10.1 Å². The van der Waals surface area contributed by atoms with Gasteiger partial charge in [-0.25, -0.2) is 4.39 Å². The molecular formula is C19H22FN3O2. The number of hydrogen-bond acceptors (Lipinski definition) is 3. The van der Waals surface area contributed by atoms with Crippen LogP contribution in [0.1, 0.15) is 37.2 Å². The Morgan fingerprint density at radius 1 is 1.32 bits per heavy atom. The molecule has 2 fully saturated rings. The molecule has 1 aliphatic carbocycles. The lowest BCUT2D eigenvalue weighted by Crippen LogP contribution is -2.31. The number of rotatable bonds is 5. The Balaban J connectivity index is 1.65. The van der Waals surface area contributed by atoms with E-state index in [0.717, 1.165) is 29.7 Å². The van der Waals surface area contributed by atoms with Crippen LogP contribution in [0, 0.1) is 11.7 Å². The Bertz CT molecular complexity index is 777. The summed E-state index contributed by atoms with van der Waals surface area (Å²) < 4.78 is 20.2. The minimum atomic E-state index is -0.257. The number of carbonyl (C=O) groups is 1. The van der Waals surface area contributed by atoms with E-state index in [0.29, 0.717) is 37.3 Å². The van der Waals surface area contributed by atoms with Crippen LogP contribution < -0.4 is 5.32 Å². The summed E-state index contributed by atoms with van der Waals surface area (Å²) in [6.45, 7) is 1.32. The molecule has 0 radical (unpaired) electrons. The molecule has 6 heteroatoms. The lowest BCUT2D eigenvalue weighted by molar-refractivity contribution is -0.121. The minimum absolute atomic E-state index is 0.0161. The fourth-order valence-corrected chi connectivity index (χ4v) is 3.51. The third-order valence-corrected chi connectivity index (χ3v) is 5.15. The first-order valence-electron chi connectivity index (χ1n) is 8.82. The Morgan fingerprint density at radius 2 is 2.04 bits per heavy atom. The van der Waals surface area contributed by atoms with Crippen molar-refractivity contribution >= 4 is 11.7 Å². The predicted octanol–water partition coefficient (Wildman–Crippen LogP) is 3.47. The number of nitrogens with one attached hydrogen (secondary N) is 1. The summed E-state index contributed by atoms with van der Waals surface area (Å²) >= 11 is 0. The van der Waals surface area contributed by atoms with Crippen LogP contribution in [0.3, 0.4) is 0 Å². The fourth-order valence-electron chi connectivity index (χ4n) is 3.51. The molecular weight excluding hydrogens is 321 g/mol. The van der Waals surface area contributed by atoms with Gasteiger partial charge in [-0.05, 0) is 43.0 Å². The van der Waals surface area contributed by atoms with E-state index < -0.39 is 0 Å². The Kier molecular flexibility index (Phi) is 4.29. The summed E-state index contributed by atoms with van der Waals surface area (Å²) in [7, 11) is 1.87. The molecule has 1 saturated heterocycles. The van der Waals surface area contributed by atoms with Gasteiger partial charge in [0, 0.05) is 30.5 Å². The number of aromatic nitrogens is 2. The molecule has 132 valence electrons. The number of amides is 1. The van der Waals surface area contributed by atoms with Crippen molar-refractivity contribution < 1.29 is 13.9 Å². The number of anilines is 1. The molecule has 25 heavy (non-hydrogen) atoms. The predicted molar refractivity (Wildman–Crippen MR) is 92.7 cm³/mol. The van der Waals surface area contributed by atoms with Gasteiger partial charge in [0.1, 0.15) is 5.82 Å². The summed E-state index contributed by atoms with van der Waals surface area (Å²) in [5.74, 6) is 1.09. The summed E-state index contributed by atoms with van der Waals surface area (Å²) in [4.78, 5) is 12.3. The summed E-state index contributed by atoms with van der Waals surface area (Å²) in [5, 5.41) is 7.56. The quantitative estimate of drug-likeness (QED) is 0.904. The van der Waals surface area contributed by atoms with Crippen molar-refractivity contribution in [2.75, 3.05) is 18.5 Å². The molecule has 1 amide bonds. The molecule has 1 N–H and O–H groups in total. The standard InChI is InChI=1S/C19H22FN3O2/c1-23-18(14-5-7-15(20)8-6-14)17(13-3-2-4-13)19(22-23)21-16(24)9-12-10-25-11-12/h5-8,12-13H,2-4,9-11H2,1H3,(H,21,22,24). The molecule has 5 nitrogen and oxygen atoms in total. The average molecular weight is 343 g/mol. The normalized spacial score (nSPS) is 17.8. The van der Waals surface area contributed by atoms with Crippen LogP contribution in [0.15, 0.2) is 24.3 Å². The van der Waals surface area contributed by atoms with Gasteiger partial charge in [0.2, 0.25) is 5.91 Å². The van der Waals surface area contributed by atoms with Crippen LogP contribution in [0.2, 0.25) is 0 Å². The lowest BCUT2D eigenvalue weighted by atomic mass is 9.79. The van der Waals surface area contributed by atoms with Crippen molar-refractivity contribution in [3.8, 4) is 11.3 Å². The number of benzene rings is 1. The van der Waals surface area contributed by atoms with Crippen LogP contribution in [0.5, 0.6) is 0 Å². The highest BCUT2D eigenvalue weighted by Crippen LogP contribution is 2.44. The highest BCUT2D eigenvalue weighted by Gasteiger charge is 2.31. The third-order valence-electron chi connectivity index (χ3n) is 5.15. The first kappa shape index (κ1) is 16.3. The average Bonchev–Trinajstić information content (AvgIpc) is 2.79. The SMILES string of the molecule is Cn1nc(NC(=O)CC2COC2)c(C2CCC2)c1-c1ccc(F)cc1. The monoisotopic (exact) mass is 343 g/mol. The van der Waals surface area contributed by atoms with Gasteiger partial charge in [0.15, 0.2) is 5.82 Å². The summed E-state index contributed by atoms with van der Waals surface area (Å²) in [5.41, 5.74) is 2.97. The molecule has 0 unspecified atom stereocenters. The highest BCUT2D eigenvalue weighted by atomic mass is 19.1. The molecule has 2 aliphatic rings. The number of carbonyl (C=O) groups excluding carboxylic acids is 1. The van der Waals surface area contributed by atoms with Crippen molar-refractivity contribution in [3.63, 3.8) is 0 Å². The second-order valence-corrected chi connectivity index (χ2v) is 7.02. The Morgan fingerprint density at radius 3 is 2.60 bits per heavy atom. The molecule has 0 bridgehead atoms. The van der Waals surface area contributed by atoms with Gasteiger partial charge >= 0.3 is 0 Å². The molecule has 2 aromatic rings. The summed E-state index contributed by atoms with van der Waals surface area (Å²) in [6.07, 6.45) is 3.85. The summed E-state index contributed by atoms with van der Waals surface area (Å²) in [6, 6.07) is 6.46. The van der Waals surface area contributed by atoms with Crippen molar-refractivity contribution in [1.82, 2.24) is 9.78 Å². The molecule has 0 spiro atoms. The van der Waals surface area contributed by atoms with E-state index in [1.165, 1.54) is 18.6 Å². The zero-order valence-corrected chi connectivity index (χ0v) is 14.3. The van der Waals surface area contributed by atoms with Crippen LogP contribution in [0.4, 0.5) is 10.2 Å². The number of halogens is 1. The zero-order valence-electron chi connectivity index (χ0n) is 14.3. The topological polar surface area (TPSA) is 56.2 Å². The third kappa shape index (κ3) is 3.18. The van der Waals surface area contributed by atoms with Crippen LogP contribution in [-0.2, 0) is 16.6 Å². The number of nitrogens with zero attached hydrogens (tertiary/aromatic N) is 2. The molecule has 1 saturated carbocycles. The minimum Gasteiger partial charge on any atom is -0.381 e. The maximum atomic E-state index is 13.3. The largest absolute Gasteiger partial charge is 0.381 e. The van der Waals surface area contributed by atoms with Gasteiger partial charge in [-0.15, -0.1) is 0 Å². The van der Waals surface area contributed by atoms with Crippen molar-refractivity contribution in [3.05, 3.63) is 35.6 Å². The van der Waals surface area contributed by atoms with Gasteiger partial charge in [0.05, 0.1) is 18.9 Å². The highest BCUT2D eigenvalue weighted by molar-refractivity contribution is 5.92. The van der Waals surface area contributed by atoms with Crippen molar-refractivity contribution in [2.45, 2.75) is 31.6 Å². The Hall–Kier alpha value is -2.21. The number of aryl methyl sites for hydroxylation is 1. The number of ether oxygens (including phenoxy) is 1. The van der Waals surface area contributed by atoms with E-state index >= 15 is 0 Å². The molecule has 1 aromatic carbocycles. The second-order valence-electron chi connectivity index (χ2n) is 7.02. The van der Waals surface area contributed by atoms with E-state index in [9.17, 15) is 9.18 Å². The van der Waals surface area contributed by atoms with Gasteiger partial charge in [-0.3, -0.25) is 9.48 Å². The van der Waals surface area contributed by atoms with E-state index in [4.69, 9.17) is 4.74 Å². The van der Waals surface area contributed by atoms with E-state index in [1.807, 2.05) is 7.05 Å². The van der Waals surface area contributed by atoms with Crippen LogP contribution in [-0.4, -0.2) is 28.9 Å². The van der Waals surface area contributed by atoms with Crippen LogP contribution >= 0.6 is 0 Å². The van der Waals surface area contributed by atoms with Gasteiger partial charge in [0.25, 0.3) is 0 Å². The fraction of sp³-hybridized carbons (Fsp3) is 0.474. The first-order valence-corrected chi connectivity index (χ1v) is 8.82.